The number of carbonyl (C=O) groups excluding carboxylic acids is 2. The van der Waals surface area contributed by atoms with Gasteiger partial charge in [-0.05, 0) is 25.8 Å². The molecular formula is C16H19ClF3N3O5S. The highest BCUT2D eigenvalue weighted by Crippen LogP contribution is 2.32. The fraction of sp³-hybridized carbons (Fsp3) is 0.562. The van der Waals surface area contributed by atoms with Gasteiger partial charge in [0.2, 0.25) is 10.0 Å². The van der Waals surface area contributed by atoms with E-state index in [2.05, 4.69) is 10.3 Å². The fourth-order valence-corrected chi connectivity index (χ4v) is 4.01. The number of sulfonamides is 1. The van der Waals surface area contributed by atoms with Gasteiger partial charge in [-0.1, -0.05) is 11.6 Å². The van der Waals surface area contributed by atoms with Crippen molar-refractivity contribution in [3.05, 3.63) is 22.8 Å². The number of pyridine rings is 1. The minimum Gasteiger partial charge on any atom is -0.455 e. The third kappa shape index (κ3) is 6.28. The zero-order chi connectivity index (χ0) is 21.8. The lowest BCUT2D eigenvalue weighted by molar-refractivity contribution is -0.152. The molecule has 0 unspecified atom stereocenters. The molecule has 0 bridgehead atoms. The quantitative estimate of drug-likeness (QED) is 0.657. The molecule has 2 heterocycles. The van der Waals surface area contributed by atoms with Crippen LogP contribution in [0.1, 0.15) is 25.3 Å². The number of ether oxygens (including phenoxy) is 1. The van der Waals surface area contributed by atoms with Crippen molar-refractivity contribution in [2.45, 2.75) is 25.9 Å². The molecule has 13 heteroatoms. The second-order valence-electron chi connectivity index (χ2n) is 6.28. The highest BCUT2D eigenvalue weighted by atomic mass is 35.5. The van der Waals surface area contributed by atoms with Crippen molar-refractivity contribution in [2.24, 2.45) is 5.92 Å². The first-order valence-electron chi connectivity index (χ1n) is 8.61. The molecule has 0 radical (unpaired) electrons. The van der Waals surface area contributed by atoms with Gasteiger partial charge in [0.1, 0.15) is 0 Å². The summed E-state index contributed by atoms with van der Waals surface area (Å²) in [7, 11) is -3.32. The summed E-state index contributed by atoms with van der Waals surface area (Å²) in [6.07, 6.45) is -3.57. The molecule has 2 rings (SSSR count). The molecule has 8 nitrogen and oxygen atoms in total. The van der Waals surface area contributed by atoms with Gasteiger partial charge in [0.15, 0.2) is 12.4 Å². The summed E-state index contributed by atoms with van der Waals surface area (Å²) in [5.41, 5.74) is -1.07. The number of esters is 1. The molecule has 29 heavy (non-hydrogen) atoms. The lowest BCUT2D eigenvalue weighted by Crippen LogP contribution is -2.41. The van der Waals surface area contributed by atoms with Crippen LogP contribution in [0.4, 0.5) is 19.0 Å². The minimum absolute atomic E-state index is 0.0250. The van der Waals surface area contributed by atoms with Gasteiger partial charge in [0, 0.05) is 19.3 Å². The maximum absolute atomic E-state index is 12.6. The van der Waals surface area contributed by atoms with Crippen molar-refractivity contribution in [2.75, 3.05) is 30.8 Å². The summed E-state index contributed by atoms with van der Waals surface area (Å²) < 4.78 is 67.6. The van der Waals surface area contributed by atoms with E-state index in [-0.39, 0.29) is 37.5 Å². The predicted octanol–water partition coefficient (Wildman–Crippen LogP) is 2.30. The average Bonchev–Trinajstić information content (AvgIpc) is 2.67. The van der Waals surface area contributed by atoms with E-state index in [9.17, 15) is 31.2 Å². The van der Waals surface area contributed by atoms with Gasteiger partial charge in [-0.25, -0.2) is 17.7 Å². The number of aromatic nitrogens is 1. The number of carbonyl (C=O) groups is 2. The highest BCUT2D eigenvalue weighted by Gasteiger charge is 2.32. The van der Waals surface area contributed by atoms with E-state index < -0.39 is 51.2 Å². The maximum Gasteiger partial charge on any atom is 0.417 e. The number of hydrogen-bond acceptors (Lipinski definition) is 6. The van der Waals surface area contributed by atoms with Crippen molar-refractivity contribution in [1.82, 2.24) is 9.29 Å². The zero-order valence-electron chi connectivity index (χ0n) is 15.3. The standard InChI is InChI=1S/C16H19ClF3N3O5S/c1-2-29(26,27)23-5-3-10(4-6-23)15(25)28-9-13(24)22-14-12(17)7-11(8-21-14)16(18,19)20/h7-8,10H,2-6,9H2,1H3,(H,21,22,24). The molecule has 0 aliphatic carbocycles. The van der Waals surface area contributed by atoms with E-state index in [1.165, 1.54) is 11.2 Å². The lowest BCUT2D eigenvalue weighted by Gasteiger charge is -2.29. The van der Waals surface area contributed by atoms with Crippen LogP contribution in [-0.2, 0) is 30.5 Å². The number of rotatable bonds is 6. The van der Waals surface area contributed by atoms with Gasteiger partial charge in [-0.2, -0.15) is 13.2 Å². The van der Waals surface area contributed by atoms with E-state index in [4.69, 9.17) is 16.3 Å². The second-order valence-corrected chi connectivity index (χ2v) is 8.95. The van der Waals surface area contributed by atoms with Crippen LogP contribution in [0.2, 0.25) is 5.02 Å². The van der Waals surface area contributed by atoms with Gasteiger partial charge in [0.25, 0.3) is 5.91 Å². The molecule has 1 aliphatic heterocycles. The molecule has 0 aromatic carbocycles. The zero-order valence-corrected chi connectivity index (χ0v) is 16.9. The summed E-state index contributed by atoms with van der Waals surface area (Å²) in [5, 5.41) is 1.75. The fourth-order valence-electron chi connectivity index (χ4n) is 2.66. The molecule has 1 amide bonds. The molecule has 0 atom stereocenters. The lowest BCUT2D eigenvalue weighted by atomic mass is 9.98. The van der Waals surface area contributed by atoms with E-state index in [0.29, 0.717) is 12.3 Å². The third-order valence-electron chi connectivity index (χ3n) is 4.32. The first-order valence-corrected chi connectivity index (χ1v) is 10.6. The number of amides is 1. The third-order valence-corrected chi connectivity index (χ3v) is 6.49. The average molecular weight is 458 g/mol. The number of hydrogen-bond donors (Lipinski definition) is 1. The summed E-state index contributed by atoms with van der Waals surface area (Å²) in [6.45, 7) is 1.23. The van der Waals surface area contributed by atoms with E-state index in [0.717, 1.165) is 0 Å². The Hall–Kier alpha value is -1.92. The Morgan fingerprint density at radius 2 is 1.97 bits per heavy atom. The number of halogens is 4. The van der Waals surface area contributed by atoms with Gasteiger partial charge in [-0.15, -0.1) is 0 Å². The molecule has 1 aromatic heterocycles. The van der Waals surface area contributed by atoms with Crippen LogP contribution in [0, 0.1) is 5.92 Å². The molecule has 0 spiro atoms. The number of piperidine rings is 1. The van der Waals surface area contributed by atoms with Crippen LogP contribution >= 0.6 is 11.6 Å². The van der Waals surface area contributed by atoms with Crippen LogP contribution in [0.25, 0.3) is 0 Å². The molecule has 1 aromatic rings. The van der Waals surface area contributed by atoms with E-state index in [1.807, 2.05) is 0 Å². The molecule has 162 valence electrons. The molecule has 1 N–H and O–H groups in total. The van der Waals surface area contributed by atoms with E-state index >= 15 is 0 Å². The number of nitrogens with zero attached hydrogens (tertiary/aromatic N) is 2. The first kappa shape index (κ1) is 23.4. The number of alkyl halides is 3. The molecule has 1 aliphatic rings. The number of nitrogens with one attached hydrogen (secondary N) is 1. The van der Waals surface area contributed by atoms with Crippen LogP contribution in [0.3, 0.4) is 0 Å². The molecule has 0 saturated carbocycles. The Bertz CT molecular complexity index is 871. The Balaban J connectivity index is 1.83. The topological polar surface area (TPSA) is 106 Å². The predicted molar refractivity (Wildman–Crippen MR) is 97.6 cm³/mol. The van der Waals surface area contributed by atoms with Gasteiger partial charge in [-0.3, -0.25) is 9.59 Å². The normalized spacial score (nSPS) is 16.4. The van der Waals surface area contributed by atoms with Crippen LogP contribution < -0.4 is 5.32 Å². The monoisotopic (exact) mass is 457 g/mol. The SMILES string of the molecule is CCS(=O)(=O)N1CCC(C(=O)OCC(=O)Nc2ncc(C(F)(F)F)cc2Cl)CC1. The van der Waals surface area contributed by atoms with Crippen molar-refractivity contribution in [1.29, 1.82) is 0 Å². The van der Waals surface area contributed by atoms with Crippen molar-refractivity contribution < 1.29 is 35.9 Å². The summed E-state index contributed by atoms with van der Waals surface area (Å²) in [6, 6.07) is 0.619. The Labute approximate surface area is 170 Å². The van der Waals surface area contributed by atoms with Gasteiger partial charge in [0.05, 0.1) is 22.3 Å². The smallest absolute Gasteiger partial charge is 0.417 e. The van der Waals surface area contributed by atoms with Crippen molar-refractivity contribution in [3.63, 3.8) is 0 Å². The van der Waals surface area contributed by atoms with Gasteiger partial charge < -0.3 is 10.1 Å². The Kier molecular flexibility index (Phi) is 7.46. The largest absolute Gasteiger partial charge is 0.455 e. The van der Waals surface area contributed by atoms with Crippen molar-refractivity contribution >= 4 is 39.3 Å². The van der Waals surface area contributed by atoms with E-state index in [1.54, 1.807) is 0 Å². The van der Waals surface area contributed by atoms with Gasteiger partial charge >= 0.3 is 12.1 Å². The summed E-state index contributed by atoms with van der Waals surface area (Å²) in [5.74, 6) is -2.33. The van der Waals surface area contributed by atoms with Crippen LogP contribution in [-0.4, -0.2) is 55.0 Å². The Morgan fingerprint density at radius 1 is 1.34 bits per heavy atom. The summed E-state index contributed by atoms with van der Waals surface area (Å²) >= 11 is 5.69. The van der Waals surface area contributed by atoms with Crippen molar-refractivity contribution in [3.8, 4) is 0 Å². The van der Waals surface area contributed by atoms with Crippen LogP contribution in [0.15, 0.2) is 12.3 Å². The maximum atomic E-state index is 12.6. The van der Waals surface area contributed by atoms with Crippen LogP contribution in [0.5, 0.6) is 0 Å². The molecule has 1 fully saturated rings. The highest BCUT2D eigenvalue weighted by molar-refractivity contribution is 7.89. The second kappa shape index (κ2) is 9.26. The molecule has 1 saturated heterocycles. The first-order chi connectivity index (χ1) is 13.4. The molecular weight excluding hydrogens is 439 g/mol. The summed E-state index contributed by atoms with van der Waals surface area (Å²) in [4.78, 5) is 27.4. The Morgan fingerprint density at radius 3 is 2.48 bits per heavy atom. The minimum atomic E-state index is -4.62. The number of anilines is 1.